The fourth-order valence-corrected chi connectivity index (χ4v) is 2.04. The average Bonchev–Trinajstić information content (AvgIpc) is 2.46. The summed E-state index contributed by atoms with van der Waals surface area (Å²) < 4.78 is 14.5. The Morgan fingerprint density at radius 3 is 2.70 bits per heavy atom. The van der Waals surface area contributed by atoms with Gasteiger partial charge >= 0.3 is 11.9 Å². The minimum absolute atomic E-state index is 0.0948. The molecule has 0 aliphatic rings. The molecule has 7 heteroatoms. The van der Waals surface area contributed by atoms with Crippen molar-refractivity contribution in [1.82, 2.24) is 0 Å². The number of aliphatic hydroxyl groups excluding tert-OH is 1. The summed E-state index contributed by atoms with van der Waals surface area (Å²) in [6, 6.07) is 0. The van der Waals surface area contributed by atoms with Crippen molar-refractivity contribution in [3.63, 3.8) is 0 Å². The monoisotopic (exact) mass is 306 g/mol. The normalized spacial score (nSPS) is 13.3. The van der Waals surface area contributed by atoms with E-state index < -0.39 is 12.1 Å². The van der Waals surface area contributed by atoms with Crippen molar-refractivity contribution in [3.8, 4) is 0 Å². The smallest absolute Gasteiger partial charge is 0.330 e. The zero-order chi connectivity index (χ0) is 15.4. The predicted octanol–water partition coefficient (Wildman–Crippen LogP) is 0.635. The molecule has 0 aromatic rings. The van der Waals surface area contributed by atoms with Gasteiger partial charge in [-0.1, -0.05) is 13.5 Å². The number of methoxy groups -OCH3 is 1. The van der Waals surface area contributed by atoms with E-state index in [1.165, 1.54) is 7.11 Å². The topological polar surface area (TPSA) is 82.1 Å². The molecule has 2 unspecified atom stereocenters. The standard InChI is InChI=1S/C13H22O6S/c1-4-12(15)19-8-11(14)7-18-5-6-20-9-10(2)13(16)17-3/h4,10-11,14H,1,5-9H2,2-3H3. The van der Waals surface area contributed by atoms with E-state index in [1.54, 1.807) is 18.7 Å². The van der Waals surface area contributed by atoms with Gasteiger partial charge in [-0.25, -0.2) is 4.79 Å². The maximum Gasteiger partial charge on any atom is 0.330 e. The molecular formula is C13H22O6S. The van der Waals surface area contributed by atoms with Crippen LogP contribution in [0.5, 0.6) is 0 Å². The fraction of sp³-hybridized carbons (Fsp3) is 0.692. The summed E-state index contributed by atoms with van der Waals surface area (Å²) in [6.07, 6.45) is 0.185. The molecule has 2 atom stereocenters. The number of carbonyl (C=O) groups is 2. The molecule has 0 aliphatic carbocycles. The molecule has 0 aromatic carbocycles. The van der Waals surface area contributed by atoms with Crippen molar-refractivity contribution in [2.24, 2.45) is 5.92 Å². The molecule has 6 nitrogen and oxygen atoms in total. The summed E-state index contributed by atoms with van der Waals surface area (Å²) in [6.45, 7) is 5.48. The van der Waals surface area contributed by atoms with Gasteiger partial charge in [-0.05, 0) is 0 Å². The summed E-state index contributed by atoms with van der Waals surface area (Å²) in [4.78, 5) is 21.9. The lowest BCUT2D eigenvalue weighted by Crippen LogP contribution is -2.23. The lowest BCUT2D eigenvalue weighted by molar-refractivity contribution is -0.144. The molecule has 0 rings (SSSR count). The van der Waals surface area contributed by atoms with Crippen LogP contribution in [0.2, 0.25) is 0 Å². The highest BCUT2D eigenvalue weighted by Gasteiger charge is 2.12. The first-order valence-corrected chi connectivity index (χ1v) is 7.37. The second kappa shape index (κ2) is 11.7. The minimum Gasteiger partial charge on any atom is -0.469 e. The zero-order valence-corrected chi connectivity index (χ0v) is 12.7. The van der Waals surface area contributed by atoms with E-state index in [4.69, 9.17) is 4.74 Å². The van der Waals surface area contributed by atoms with Crippen LogP contribution in [0.1, 0.15) is 6.92 Å². The van der Waals surface area contributed by atoms with Crippen LogP contribution in [0.25, 0.3) is 0 Å². The number of aliphatic hydroxyl groups is 1. The van der Waals surface area contributed by atoms with Crippen LogP contribution in [0.15, 0.2) is 12.7 Å². The average molecular weight is 306 g/mol. The van der Waals surface area contributed by atoms with Crippen LogP contribution in [0.4, 0.5) is 0 Å². The van der Waals surface area contributed by atoms with Crippen LogP contribution in [0.3, 0.4) is 0 Å². The van der Waals surface area contributed by atoms with Gasteiger partial charge < -0.3 is 19.3 Å². The van der Waals surface area contributed by atoms with Crippen LogP contribution in [-0.2, 0) is 23.8 Å². The summed E-state index contributed by atoms with van der Waals surface area (Å²) in [5, 5.41) is 9.44. The highest BCUT2D eigenvalue weighted by Crippen LogP contribution is 2.09. The van der Waals surface area contributed by atoms with Gasteiger partial charge in [0.1, 0.15) is 12.7 Å². The van der Waals surface area contributed by atoms with E-state index in [-0.39, 0.29) is 25.1 Å². The molecule has 0 amide bonds. The lowest BCUT2D eigenvalue weighted by atomic mass is 10.2. The van der Waals surface area contributed by atoms with Crippen molar-refractivity contribution in [2.45, 2.75) is 13.0 Å². The molecule has 0 bridgehead atoms. The Balaban J connectivity index is 3.45. The first-order chi connectivity index (χ1) is 9.51. The quantitative estimate of drug-likeness (QED) is 0.341. The van der Waals surface area contributed by atoms with E-state index in [2.05, 4.69) is 16.1 Å². The minimum atomic E-state index is -0.849. The summed E-state index contributed by atoms with van der Waals surface area (Å²) in [5.74, 6) is 0.430. The Kier molecular flexibility index (Phi) is 11.1. The highest BCUT2D eigenvalue weighted by molar-refractivity contribution is 7.99. The molecule has 20 heavy (non-hydrogen) atoms. The highest BCUT2D eigenvalue weighted by atomic mass is 32.2. The zero-order valence-electron chi connectivity index (χ0n) is 11.9. The van der Waals surface area contributed by atoms with E-state index in [0.717, 1.165) is 6.08 Å². The van der Waals surface area contributed by atoms with Crippen molar-refractivity contribution in [2.75, 3.05) is 38.4 Å². The van der Waals surface area contributed by atoms with Gasteiger partial charge in [-0.15, -0.1) is 0 Å². The maximum atomic E-state index is 11.1. The van der Waals surface area contributed by atoms with Gasteiger partial charge in [0.2, 0.25) is 0 Å². The number of rotatable bonds is 11. The molecule has 0 saturated carbocycles. The van der Waals surface area contributed by atoms with Gasteiger partial charge in [0, 0.05) is 17.6 Å². The molecule has 116 valence electrons. The molecular weight excluding hydrogens is 284 g/mol. The molecule has 0 aliphatic heterocycles. The van der Waals surface area contributed by atoms with Crippen molar-refractivity contribution in [1.29, 1.82) is 0 Å². The molecule has 0 heterocycles. The maximum absolute atomic E-state index is 11.1. The Hall–Kier alpha value is -1.05. The van der Waals surface area contributed by atoms with E-state index in [9.17, 15) is 14.7 Å². The Morgan fingerprint density at radius 1 is 1.40 bits per heavy atom. The summed E-state index contributed by atoms with van der Waals surface area (Å²) in [7, 11) is 1.37. The Bertz CT molecular complexity index is 307. The van der Waals surface area contributed by atoms with E-state index in [1.807, 2.05) is 0 Å². The van der Waals surface area contributed by atoms with Crippen LogP contribution >= 0.6 is 11.8 Å². The second-order valence-electron chi connectivity index (χ2n) is 4.06. The summed E-state index contributed by atoms with van der Waals surface area (Å²) in [5.41, 5.74) is 0. The van der Waals surface area contributed by atoms with Crippen LogP contribution in [0, 0.1) is 5.92 Å². The number of hydrogen-bond acceptors (Lipinski definition) is 7. The first-order valence-electron chi connectivity index (χ1n) is 6.21. The van der Waals surface area contributed by atoms with Crippen molar-refractivity contribution >= 4 is 23.7 Å². The molecule has 0 fully saturated rings. The number of ether oxygens (including phenoxy) is 3. The third kappa shape index (κ3) is 9.82. The number of thioether (sulfide) groups is 1. The number of esters is 2. The molecule has 0 radical (unpaired) electrons. The Morgan fingerprint density at radius 2 is 2.10 bits per heavy atom. The van der Waals surface area contributed by atoms with Crippen LogP contribution < -0.4 is 0 Å². The number of carbonyl (C=O) groups excluding carboxylic acids is 2. The van der Waals surface area contributed by atoms with Gasteiger partial charge in [0.25, 0.3) is 0 Å². The van der Waals surface area contributed by atoms with Gasteiger partial charge in [-0.2, -0.15) is 11.8 Å². The Labute approximate surface area is 123 Å². The van der Waals surface area contributed by atoms with Crippen molar-refractivity contribution in [3.05, 3.63) is 12.7 Å². The third-order valence-corrected chi connectivity index (χ3v) is 3.43. The molecule has 0 saturated heterocycles. The first kappa shape index (κ1) is 18.9. The van der Waals surface area contributed by atoms with Crippen molar-refractivity contribution < 1.29 is 28.9 Å². The molecule has 1 N–H and O–H groups in total. The molecule has 0 aromatic heterocycles. The van der Waals surface area contributed by atoms with Crippen LogP contribution in [-0.4, -0.2) is 61.6 Å². The summed E-state index contributed by atoms with van der Waals surface area (Å²) >= 11 is 1.57. The SMILES string of the molecule is C=CC(=O)OCC(O)COCCSCC(C)C(=O)OC. The third-order valence-electron chi connectivity index (χ3n) is 2.24. The lowest BCUT2D eigenvalue weighted by Gasteiger charge is -2.11. The number of hydrogen-bond donors (Lipinski definition) is 1. The van der Waals surface area contributed by atoms with E-state index in [0.29, 0.717) is 18.1 Å². The van der Waals surface area contributed by atoms with Gasteiger partial charge in [0.05, 0.1) is 26.2 Å². The fourth-order valence-electron chi connectivity index (χ4n) is 1.15. The second-order valence-corrected chi connectivity index (χ2v) is 5.21. The molecule has 0 spiro atoms. The predicted molar refractivity (Wildman–Crippen MR) is 76.5 cm³/mol. The van der Waals surface area contributed by atoms with E-state index >= 15 is 0 Å². The van der Waals surface area contributed by atoms with Gasteiger partial charge in [-0.3, -0.25) is 4.79 Å². The van der Waals surface area contributed by atoms with Gasteiger partial charge in [0.15, 0.2) is 0 Å². The largest absolute Gasteiger partial charge is 0.469 e.